The van der Waals surface area contributed by atoms with Gasteiger partial charge in [-0.05, 0) is 18.6 Å². The van der Waals surface area contributed by atoms with E-state index in [9.17, 15) is 5.11 Å². The number of rotatable bonds is 0. The van der Waals surface area contributed by atoms with E-state index in [-0.39, 0.29) is 18.2 Å². The van der Waals surface area contributed by atoms with Crippen molar-refractivity contribution < 1.29 is 22.4 Å². The molecule has 2 aliphatic heterocycles. The minimum atomic E-state index is 0. The smallest absolute Gasteiger partial charge is 0.141 e. The van der Waals surface area contributed by atoms with Gasteiger partial charge in [-0.3, -0.25) is 4.90 Å². The Bertz CT molecular complexity index is 366. The highest BCUT2D eigenvalue weighted by molar-refractivity contribution is 6.30. The quantitative estimate of drug-likeness (QED) is 0.509. The van der Waals surface area contributed by atoms with Crippen LogP contribution in [-0.2, 0) is 0 Å². The maximum Gasteiger partial charge on any atom is 0.141 e. The molecule has 1 atom stereocenters. The third kappa shape index (κ3) is 2.03. The Balaban J connectivity index is 0.000000980. The fourth-order valence-electron chi connectivity index (χ4n) is 1.49. The third-order valence-electron chi connectivity index (χ3n) is 2.22. The van der Waals surface area contributed by atoms with Crippen molar-refractivity contribution in [3.8, 4) is 0 Å². The van der Waals surface area contributed by atoms with E-state index in [0.717, 1.165) is 5.70 Å². The van der Waals surface area contributed by atoms with Gasteiger partial charge in [-0.2, -0.15) is 0 Å². The monoisotopic (exact) mass is 231 g/mol. The van der Waals surface area contributed by atoms with Crippen LogP contribution in [0, 0.1) is 0 Å². The number of hydrogen-bond acceptors (Lipinski definition) is 1. The molecule has 2 nitrogen and oxygen atoms in total. The van der Waals surface area contributed by atoms with Crippen molar-refractivity contribution in [2.45, 2.75) is 6.92 Å². The van der Waals surface area contributed by atoms with Crippen LogP contribution in [0.3, 0.4) is 0 Å². The topological polar surface area (TPSA) is 24.7 Å². The van der Waals surface area contributed by atoms with Gasteiger partial charge in [0.05, 0.1) is 6.20 Å². The summed E-state index contributed by atoms with van der Waals surface area (Å²) < 4.78 is 0. The summed E-state index contributed by atoms with van der Waals surface area (Å²) in [4.78, 5) is 1.17. The van der Waals surface area contributed by atoms with E-state index < -0.39 is 0 Å². The second-order valence-corrected chi connectivity index (χ2v) is 3.77. The molecular weight excluding hydrogens is 221 g/mol. The molecule has 14 heavy (non-hydrogen) atoms. The first-order valence-electron chi connectivity index (χ1n) is 4.19. The molecule has 2 heterocycles. The summed E-state index contributed by atoms with van der Waals surface area (Å²) in [5, 5.41) is 9.93. The number of quaternary nitrogens is 1. The van der Waals surface area contributed by atoms with Gasteiger partial charge in [-0.1, -0.05) is 11.6 Å². The van der Waals surface area contributed by atoms with Gasteiger partial charge >= 0.3 is 0 Å². The first-order chi connectivity index (χ1) is 6.16. The lowest BCUT2D eigenvalue weighted by atomic mass is 10.1. The van der Waals surface area contributed by atoms with E-state index in [1.807, 2.05) is 6.92 Å². The molecule has 0 bridgehead atoms. The molecule has 2 rings (SSSR count). The van der Waals surface area contributed by atoms with Crippen LogP contribution in [0.2, 0.25) is 0 Å². The van der Waals surface area contributed by atoms with Gasteiger partial charge in [0.1, 0.15) is 23.0 Å². The lowest BCUT2D eigenvalue weighted by Gasteiger charge is -2.21. The second kappa shape index (κ2) is 4.22. The maximum absolute atomic E-state index is 9.41. The molecule has 0 radical (unpaired) electrons. The molecule has 0 aliphatic carbocycles. The van der Waals surface area contributed by atoms with Crippen LogP contribution in [0.15, 0.2) is 46.5 Å². The molecule has 0 spiro atoms. The molecule has 0 aromatic heterocycles. The molecule has 2 aliphatic rings. The zero-order valence-electron chi connectivity index (χ0n) is 7.72. The van der Waals surface area contributed by atoms with Gasteiger partial charge in [0.15, 0.2) is 0 Å². The fourth-order valence-corrected chi connectivity index (χ4v) is 1.69. The molecule has 2 N–H and O–H groups in total. The Labute approximate surface area is 94.3 Å². The first-order valence-corrected chi connectivity index (χ1v) is 4.56. The summed E-state index contributed by atoms with van der Waals surface area (Å²) in [6.07, 6.45) is 7.87. The molecule has 4 heteroatoms. The summed E-state index contributed by atoms with van der Waals surface area (Å²) >= 11 is 5.83. The van der Waals surface area contributed by atoms with E-state index in [2.05, 4.69) is 18.4 Å². The SMILES string of the molecule is CC1=CC2=CC(O)=C(Cl)C[NH+]2C=C1.[Cl-]. The fraction of sp³-hybridized carbons (Fsp3) is 0.200. The summed E-state index contributed by atoms with van der Waals surface area (Å²) in [7, 11) is 0. The van der Waals surface area contributed by atoms with Gasteiger partial charge in [0, 0.05) is 12.2 Å². The normalized spacial score (nSPS) is 24.9. The maximum atomic E-state index is 9.41. The van der Waals surface area contributed by atoms with Crippen molar-refractivity contribution in [3.63, 3.8) is 0 Å². The molecule has 0 saturated heterocycles. The van der Waals surface area contributed by atoms with Crippen LogP contribution in [0.25, 0.3) is 0 Å². The number of hydrogen-bond donors (Lipinski definition) is 2. The van der Waals surface area contributed by atoms with Crippen LogP contribution in [0.1, 0.15) is 6.92 Å². The van der Waals surface area contributed by atoms with Crippen LogP contribution in [0.5, 0.6) is 0 Å². The van der Waals surface area contributed by atoms with Gasteiger partial charge in [0.25, 0.3) is 0 Å². The van der Waals surface area contributed by atoms with Gasteiger partial charge in [-0.25, -0.2) is 0 Å². The molecule has 0 fully saturated rings. The van der Waals surface area contributed by atoms with Crippen molar-refractivity contribution in [1.29, 1.82) is 0 Å². The molecule has 0 aromatic rings. The van der Waals surface area contributed by atoms with Crippen LogP contribution in [0.4, 0.5) is 0 Å². The highest BCUT2D eigenvalue weighted by Crippen LogP contribution is 2.14. The van der Waals surface area contributed by atoms with E-state index in [1.165, 1.54) is 10.5 Å². The minimum absolute atomic E-state index is 0. The molecule has 0 amide bonds. The van der Waals surface area contributed by atoms with E-state index in [0.29, 0.717) is 11.6 Å². The predicted molar refractivity (Wildman–Crippen MR) is 52.3 cm³/mol. The third-order valence-corrected chi connectivity index (χ3v) is 2.54. The van der Waals surface area contributed by atoms with Gasteiger partial charge in [-0.15, -0.1) is 0 Å². The number of nitrogens with one attached hydrogen (secondary N) is 1. The molecule has 76 valence electrons. The highest BCUT2D eigenvalue weighted by atomic mass is 35.5. The number of aliphatic hydroxyl groups is 1. The summed E-state index contributed by atoms with van der Waals surface area (Å²) in [5.41, 5.74) is 2.27. The zero-order chi connectivity index (χ0) is 9.42. The van der Waals surface area contributed by atoms with E-state index in [4.69, 9.17) is 11.6 Å². The Morgan fingerprint density at radius 1 is 1.43 bits per heavy atom. The lowest BCUT2D eigenvalue weighted by Crippen LogP contribution is -3.06. The minimum Gasteiger partial charge on any atom is -1.00 e. The van der Waals surface area contributed by atoms with Crippen LogP contribution in [-0.4, -0.2) is 11.7 Å². The average Bonchev–Trinajstić information content (AvgIpc) is 2.08. The number of aliphatic hydroxyl groups excluding tert-OH is 1. The van der Waals surface area contributed by atoms with Crippen LogP contribution < -0.4 is 17.3 Å². The molecule has 0 saturated carbocycles. The molecule has 0 aromatic carbocycles. The van der Waals surface area contributed by atoms with E-state index >= 15 is 0 Å². The Hall–Kier alpha value is -0.700. The Morgan fingerprint density at radius 3 is 2.86 bits per heavy atom. The largest absolute Gasteiger partial charge is 1.00 e. The molecular formula is C10H11Cl2NO. The Kier molecular flexibility index (Phi) is 3.43. The standard InChI is InChI=1S/C10H10ClNO.ClH/c1-7-2-3-12-6-9(11)10(13)5-8(12)4-7;/h2-5,13H,6H2,1H3;1H. The molecule has 1 unspecified atom stereocenters. The summed E-state index contributed by atoms with van der Waals surface area (Å²) in [6, 6.07) is 0. The van der Waals surface area contributed by atoms with Crippen molar-refractivity contribution in [2.75, 3.05) is 6.54 Å². The number of fused-ring (bicyclic) bond motifs is 1. The van der Waals surface area contributed by atoms with Crippen LogP contribution >= 0.6 is 11.6 Å². The summed E-state index contributed by atoms with van der Waals surface area (Å²) in [5.74, 6) is 0.194. The van der Waals surface area contributed by atoms with Gasteiger partial charge in [0.2, 0.25) is 0 Å². The van der Waals surface area contributed by atoms with Crippen molar-refractivity contribution in [2.24, 2.45) is 0 Å². The Morgan fingerprint density at radius 2 is 2.14 bits per heavy atom. The predicted octanol–water partition coefficient (Wildman–Crippen LogP) is -1.75. The summed E-state index contributed by atoms with van der Waals surface area (Å²) in [6.45, 7) is 2.67. The number of halogens is 2. The van der Waals surface area contributed by atoms with E-state index in [1.54, 1.807) is 6.08 Å². The number of allylic oxidation sites excluding steroid dienone is 4. The zero-order valence-corrected chi connectivity index (χ0v) is 9.23. The second-order valence-electron chi connectivity index (χ2n) is 3.31. The average molecular weight is 232 g/mol. The lowest BCUT2D eigenvalue weighted by molar-refractivity contribution is -0.797. The highest BCUT2D eigenvalue weighted by Gasteiger charge is 2.22. The van der Waals surface area contributed by atoms with Crippen molar-refractivity contribution in [3.05, 3.63) is 46.5 Å². The van der Waals surface area contributed by atoms with Crippen molar-refractivity contribution in [1.82, 2.24) is 0 Å². The van der Waals surface area contributed by atoms with Crippen molar-refractivity contribution >= 4 is 11.6 Å². The van der Waals surface area contributed by atoms with Gasteiger partial charge < -0.3 is 17.5 Å². The first kappa shape index (κ1) is 11.4.